The van der Waals surface area contributed by atoms with Crippen LogP contribution in [-0.2, 0) is 4.79 Å². The first kappa shape index (κ1) is 21.3. The molecular weight excluding hydrogens is 384 g/mol. The Hall–Kier alpha value is -3.42. The number of fused-ring (bicyclic) bond motifs is 1. The van der Waals surface area contributed by atoms with Crippen molar-refractivity contribution in [1.82, 2.24) is 20.5 Å². The van der Waals surface area contributed by atoms with Crippen molar-refractivity contribution in [2.24, 2.45) is 0 Å². The number of aromatic nitrogens is 1. The average Bonchev–Trinajstić information content (AvgIpc) is 2.76. The van der Waals surface area contributed by atoms with E-state index in [1.165, 1.54) is 6.20 Å². The summed E-state index contributed by atoms with van der Waals surface area (Å²) in [5.41, 5.74) is 1.84. The van der Waals surface area contributed by atoms with Gasteiger partial charge in [-0.05, 0) is 37.6 Å². The molecule has 0 radical (unpaired) electrons. The van der Waals surface area contributed by atoms with Gasteiger partial charge in [0.1, 0.15) is 12.4 Å². The van der Waals surface area contributed by atoms with Crippen LogP contribution in [0.4, 0.5) is 0 Å². The Labute approximate surface area is 175 Å². The van der Waals surface area contributed by atoms with Gasteiger partial charge in [-0.25, -0.2) is 0 Å². The van der Waals surface area contributed by atoms with E-state index in [9.17, 15) is 14.4 Å². The minimum absolute atomic E-state index is 0.0967. The highest BCUT2D eigenvalue weighted by Gasteiger charge is 2.18. The molecule has 0 fully saturated rings. The number of hydrogen-bond donors (Lipinski definition) is 2. The van der Waals surface area contributed by atoms with Gasteiger partial charge in [-0.1, -0.05) is 11.6 Å². The summed E-state index contributed by atoms with van der Waals surface area (Å²) in [7, 11) is 0. The molecule has 0 aliphatic carbocycles. The smallest absolute Gasteiger partial charge is 0.255 e. The van der Waals surface area contributed by atoms with Gasteiger partial charge < -0.3 is 20.3 Å². The second-order valence-electron chi connectivity index (χ2n) is 7.09. The fraction of sp³-hybridized carbons (Fsp3) is 0.364. The van der Waals surface area contributed by atoms with Gasteiger partial charge in [0.05, 0.1) is 17.7 Å². The summed E-state index contributed by atoms with van der Waals surface area (Å²) in [4.78, 5) is 43.3. The molecule has 1 aliphatic rings. The van der Waals surface area contributed by atoms with Crippen molar-refractivity contribution < 1.29 is 19.1 Å². The predicted octanol–water partition coefficient (Wildman–Crippen LogP) is 1.55. The van der Waals surface area contributed by atoms with Crippen molar-refractivity contribution in [2.45, 2.75) is 19.8 Å². The second kappa shape index (κ2) is 10.4. The highest BCUT2D eigenvalue weighted by Crippen LogP contribution is 2.20. The van der Waals surface area contributed by atoms with E-state index in [1.807, 2.05) is 13.0 Å². The molecule has 0 unspecified atom stereocenters. The maximum atomic E-state index is 12.9. The summed E-state index contributed by atoms with van der Waals surface area (Å²) >= 11 is 0. The number of pyridine rings is 1. The molecule has 1 aliphatic heterocycles. The number of nitrogens with zero attached hydrogens (tertiary/aromatic N) is 2. The monoisotopic (exact) mass is 410 g/mol. The number of amides is 3. The highest BCUT2D eigenvalue weighted by molar-refractivity contribution is 5.97. The molecule has 0 saturated carbocycles. The molecule has 0 saturated heterocycles. The molecule has 1 aromatic carbocycles. The predicted molar refractivity (Wildman–Crippen MR) is 111 cm³/mol. The molecule has 2 heterocycles. The zero-order chi connectivity index (χ0) is 21.3. The van der Waals surface area contributed by atoms with Crippen LogP contribution in [-0.4, -0.2) is 60.4 Å². The van der Waals surface area contributed by atoms with Crippen LogP contribution in [0.5, 0.6) is 5.75 Å². The Morgan fingerprint density at radius 1 is 1.13 bits per heavy atom. The molecule has 3 amide bonds. The lowest BCUT2D eigenvalue weighted by Gasteiger charge is -2.23. The summed E-state index contributed by atoms with van der Waals surface area (Å²) < 4.78 is 5.71. The maximum Gasteiger partial charge on any atom is 0.255 e. The van der Waals surface area contributed by atoms with E-state index in [1.54, 1.807) is 35.4 Å². The van der Waals surface area contributed by atoms with Crippen LogP contribution >= 0.6 is 0 Å². The summed E-state index contributed by atoms with van der Waals surface area (Å²) in [5.74, 6) is -0.0749. The van der Waals surface area contributed by atoms with Crippen LogP contribution in [0.1, 0.15) is 39.1 Å². The Morgan fingerprint density at radius 3 is 2.80 bits per heavy atom. The van der Waals surface area contributed by atoms with E-state index in [2.05, 4.69) is 15.6 Å². The highest BCUT2D eigenvalue weighted by atomic mass is 16.5. The molecule has 2 aromatic rings. The van der Waals surface area contributed by atoms with Gasteiger partial charge in [-0.2, -0.15) is 0 Å². The van der Waals surface area contributed by atoms with Crippen molar-refractivity contribution in [3.8, 4) is 5.75 Å². The molecule has 30 heavy (non-hydrogen) atoms. The van der Waals surface area contributed by atoms with Crippen LogP contribution in [0.25, 0.3) is 0 Å². The van der Waals surface area contributed by atoms with Crippen molar-refractivity contribution in [1.29, 1.82) is 0 Å². The van der Waals surface area contributed by atoms with Crippen LogP contribution in [0.15, 0.2) is 42.7 Å². The molecule has 3 rings (SSSR count). The van der Waals surface area contributed by atoms with Gasteiger partial charge in [-0.15, -0.1) is 0 Å². The van der Waals surface area contributed by atoms with E-state index in [-0.39, 0.29) is 30.9 Å². The third kappa shape index (κ3) is 5.79. The van der Waals surface area contributed by atoms with Crippen molar-refractivity contribution in [2.75, 3.05) is 32.8 Å². The van der Waals surface area contributed by atoms with Gasteiger partial charge in [0.25, 0.3) is 11.8 Å². The number of hydrogen-bond acceptors (Lipinski definition) is 5. The number of nitrogens with one attached hydrogen (secondary N) is 2. The molecule has 0 atom stereocenters. The van der Waals surface area contributed by atoms with Crippen LogP contribution < -0.4 is 15.4 Å². The number of carbonyl (C=O) groups excluding carboxylic acids is 3. The van der Waals surface area contributed by atoms with Crippen molar-refractivity contribution >= 4 is 17.7 Å². The average molecular weight is 410 g/mol. The normalized spacial score (nSPS) is 16.2. The van der Waals surface area contributed by atoms with Crippen molar-refractivity contribution in [3.05, 3.63) is 59.4 Å². The van der Waals surface area contributed by atoms with E-state index in [0.29, 0.717) is 49.4 Å². The quantitative estimate of drug-likeness (QED) is 0.743. The van der Waals surface area contributed by atoms with E-state index >= 15 is 0 Å². The first-order valence-corrected chi connectivity index (χ1v) is 10.0. The molecular formula is C22H26N4O4. The Morgan fingerprint density at radius 2 is 2.00 bits per heavy atom. The molecule has 0 spiro atoms. The first-order valence-electron chi connectivity index (χ1n) is 10.0. The number of ether oxygens (including phenoxy) is 1. The number of aryl methyl sites for hydroxylation is 1. The van der Waals surface area contributed by atoms with Gasteiger partial charge in [0.2, 0.25) is 5.91 Å². The summed E-state index contributed by atoms with van der Waals surface area (Å²) in [6.45, 7) is 3.51. The Balaban J connectivity index is 1.77. The van der Waals surface area contributed by atoms with Crippen LogP contribution in [0, 0.1) is 6.92 Å². The standard InChI is InChI=1S/C22H26N4O4/c1-16-6-7-19-18(14-16)21(28)25-9-12-26(22(29)17-4-2-8-23-15-17)11-3-5-20(27)24-10-13-30-19/h2,4,6-8,14-15H,3,5,9-13H2,1H3,(H,24,27)(H,25,28). The van der Waals surface area contributed by atoms with E-state index in [4.69, 9.17) is 4.74 Å². The fourth-order valence-electron chi connectivity index (χ4n) is 3.20. The second-order valence-corrected chi connectivity index (χ2v) is 7.09. The molecule has 1 aromatic heterocycles. The first-order chi connectivity index (χ1) is 14.5. The summed E-state index contributed by atoms with van der Waals surface area (Å²) in [5, 5.41) is 5.67. The molecule has 8 nitrogen and oxygen atoms in total. The van der Waals surface area contributed by atoms with Gasteiger partial charge in [-0.3, -0.25) is 19.4 Å². The Bertz CT molecular complexity index is 901. The molecule has 158 valence electrons. The SMILES string of the molecule is Cc1ccc2c(c1)C(=O)NCCN(C(=O)c1cccnc1)CCCC(=O)NCCO2. The van der Waals surface area contributed by atoms with Crippen molar-refractivity contribution in [3.63, 3.8) is 0 Å². The lowest BCUT2D eigenvalue weighted by molar-refractivity contribution is -0.121. The summed E-state index contributed by atoms with van der Waals surface area (Å²) in [6.07, 6.45) is 3.94. The molecule has 0 bridgehead atoms. The zero-order valence-electron chi connectivity index (χ0n) is 17.0. The van der Waals surface area contributed by atoms with Crippen LogP contribution in [0.3, 0.4) is 0 Å². The largest absolute Gasteiger partial charge is 0.491 e. The minimum atomic E-state index is -0.263. The van der Waals surface area contributed by atoms with Crippen LogP contribution in [0.2, 0.25) is 0 Å². The van der Waals surface area contributed by atoms with Gasteiger partial charge >= 0.3 is 0 Å². The topological polar surface area (TPSA) is 101 Å². The maximum absolute atomic E-state index is 12.9. The lowest BCUT2D eigenvalue weighted by Crippen LogP contribution is -2.39. The lowest BCUT2D eigenvalue weighted by atomic mass is 10.1. The number of carbonyl (C=O) groups is 3. The third-order valence-corrected chi connectivity index (χ3v) is 4.76. The Kier molecular flexibility index (Phi) is 7.37. The van der Waals surface area contributed by atoms with E-state index in [0.717, 1.165) is 5.56 Å². The number of rotatable bonds is 1. The zero-order valence-corrected chi connectivity index (χ0v) is 17.0. The summed E-state index contributed by atoms with van der Waals surface area (Å²) in [6, 6.07) is 8.79. The molecule has 2 N–H and O–H groups in total. The molecule has 8 heteroatoms. The third-order valence-electron chi connectivity index (χ3n) is 4.76. The van der Waals surface area contributed by atoms with E-state index < -0.39 is 0 Å². The van der Waals surface area contributed by atoms with Gasteiger partial charge in [0.15, 0.2) is 0 Å². The fourth-order valence-corrected chi connectivity index (χ4v) is 3.20. The number of benzene rings is 1. The van der Waals surface area contributed by atoms with Gasteiger partial charge in [0, 0.05) is 38.4 Å². The minimum Gasteiger partial charge on any atom is -0.491 e.